The lowest BCUT2D eigenvalue weighted by atomic mass is 9.98. The smallest absolute Gasteiger partial charge is 0.0720 e. The third-order valence-electron chi connectivity index (χ3n) is 5.81. The molecule has 0 spiro atoms. The first-order chi connectivity index (χ1) is 14.3. The Morgan fingerprint density at radius 2 is 1.21 bits per heavy atom. The van der Waals surface area contributed by atoms with Crippen molar-refractivity contribution >= 4 is 0 Å². The number of nitrogens with zero attached hydrogens (tertiary/aromatic N) is 2. The van der Waals surface area contributed by atoms with Crippen LogP contribution in [-0.2, 0) is 19.6 Å². The maximum absolute atomic E-state index is 10.9. The first kappa shape index (κ1) is 19.8. The molecule has 150 valence electrons. The average Bonchev–Trinajstić information content (AvgIpc) is 2.77. The molecule has 3 heteroatoms. The van der Waals surface area contributed by atoms with Crippen LogP contribution in [-0.4, -0.2) is 40.1 Å². The fourth-order valence-corrected chi connectivity index (χ4v) is 4.26. The highest BCUT2D eigenvalue weighted by atomic mass is 16.3. The van der Waals surface area contributed by atoms with Gasteiger partial charge < -0.3 is 5.11 Å². The lowest BCUT2D eigenvalue weighted by Gasteiger charge is -2.42. The van der Waals surface area contributed by atoms with Crippen LogP contribution in [0.4, 0.5) is 0 Å². The summed E-state index contributed by atoms with van der Waals surface area (Å²) >= 11 is 0. The molecule has 0 saturated carbocycles. The normalized spacial score (nSPS) is 20.1. The van der Waals surface area contributed by atoms with Crippen molar-refractivity contribution in [2.75, 3.05) is 13.1 Å². The van der Waals surface area contributed by atoms with E-state index in [1.807, 2.05) is 0 Å². The van der Waals surface area contributed by atoms with E-state index in [9.17, 15) is 5.11 Å². The number of hydrogen-bond donors (Lipinski definition) is 1. The van der Waals surface area contributed by atoms with Crippen LogP contribution in [0.3, 0.4) is 0 Å². The van der Waals surface area contributed by atoms with Crippen molar-refractivity contribution in [3.8, 4) is 0 Å². The van der Waals surface area contributed by atoms with Crippen molar-refractivity contribution in [1.29, 1.82) is 0 Å². The number of aliphatic hydroxyl groups excluding tert-OH is 1. The standard InChI is InChI=1S/C26H30N2O/c29-26-16-17-27(18-22-10-4-1-5-11-22)21-25(26)28(19-23-12-6-2-7-13-23)20-24-14-8-3-9-15-24/h1-15,25-26,29H,16-21H2/t25-,26-/m1/s1. The summed E-state index contributed by atoms with van der Waals surface area (Å²) in [6.45, 7) is 4.45. The van der Waals surface area contributed by atoms with Gasteiger partial charge in [-0.25, -0.2) is 0 Å². The molecule has 0 bridgehead atoms. The summed E-state index contributed by atoms with van der Waals surface area (Å²) in [5.74, 6) is 0. The van der Waals surface area contributed by atoms with Crippen molar-refractivity contribution in [3.63, 3.8) is 0 Å². The van der Waals surface area contributed by atoms with Gasteiger partial charge in [0.15, 0.2) is 0 Å². The van der Waals surface area contributed by atoms with E-state index in [1.165, 1.54) is 16.7 Å². The van der Waals surface area contributed by atoms with Gasteiger partial charge in [-0.2, -0.15) is 0 Å². The molecule has 1 aliphatic rings. The molecule has 3 aromatic carbocycles. The van der Waals surface area contributed by atoms with Crippen molar-refractivity contribution in [1.82, 2.24) is 9.80 Å². The van der Waals surface area contributed by atoms with Gasteiger partial charge >= 0.3 is 0 Å². The summed E-state index contributed by atoms with van der Waals surface area (Å²) in [5, 5.41) is 10.9. The topological polar surface area (TPSA) is 26.7 Å². The van der Waals surface area contributed by atoms with E-state index in [1.54, 1.807) is 0 Å². The minimum absolute atomic E-state index is 0.118. The average molecular weight is 387 g/mol. The van der Waals surface area contributed by atoms with Crippen LogP contribution >= 0.6 is 0 Å². The molecule has 3 aromatic rings. The zero-order valence-electron chi connectivity index (χ0n) is 16.9. The first-order valence-electron chi connectivity index (χ1n) is 10.5. The Kier molecular flexibility index (Phi) is 6.73. The molecule has 1 N–H and O–H groups in total. The Bertz CT molecular complexity index is 812. The second-order valence-corrected chi connectivity index (χ2v) is 8.02. The summed E-state index contributed by atoms with van der Waals surface area (Å²) in [5.41, 5.74) is 3.91. The van der Waals surface area contributed by atoms with Gasteiger partial charge in [-0.1, -0.05) is 91.0 Å². The minimum Gasteiger partial charge on any atom is -0.391 e. The third-order valence-corrected chi connectivity index (χ3v) is 5.81. The zero-order chi connectivity index (χ0) is 19.9. The van der Waals surface area contributed by atoms with Crippen molar-refractivity contribution in [2.45, 2.75) is 38.2 Å². The molecular weight excluding hydrogens is 356 g/mol. The van der Waals surface area contributed by atoms with Crippen molar-refractivity contribution in [2.24, 2.45) is 0 Å². The van der Waals surface area contributed by atoms with Gasteiger partial charge in [-0.15, -0.1) is 0 Å². The summed E-state index contributed by atoms with van der Waals surface area (Å²) in [4.78, 5) is 4.93. The van der Waals surface area contributed by atoms with E-state index in [0.717, 1.165) is 39.1 Å². The molecule has 3 nitrogen and oxygen atoms in total. The molecule has 1 fully saturated rings. The Morgan fingerprint density at radius 3 is 1.72 bits per heavy atom. The second-order valence-electron chi connectivity index (χ2n) is 8.02. The van der Waals surface area contributed by atoms with Crippen LogP contribution < -0.4 is 0 Å². The van der Waals surface area contributed by atoms with Crippen LogP contribution in [0.2, 0.25) is 0 Å². The van der Waals surface area contributed by atoms with E-state index < -0.39 is 0 Å². The van der Waals surface area contributed by atoms with Crippen molar-refractivity contribution in [3.05, 3.63) is 108 Å². The van der Waals surface area contributed by atoms with Gasteiger partial charge in [0.05, 0.1) is 6.10 Å². The molecule has 0 aromatic heterocycles. The summed E-state index contributed by atoms with van der Waals surface area (Å²) in [6, 6.07) is 31.9. The molecule has 4 rings (SSSR count). The molecule has 1 aliphatic heterocycles. The first-order valence-corrected chi connectivity index (χ1v) is 10.5. The van der Waals surface area contributed by atoms with E-state index in [-0.39, 0.29) is 12.1 Å². The molecule has 1 heterocycles. The summed E-state index contributed by atoms with van der Waals surface area (Å²) < 4.78 is 0. The maximum atomic E-state index is 10.9. The predicted molar refractivity (Wildman–Crippen MR) is 118 cm³/mol. The number of piperidine rings is 1. The number of aliphatic hydroxyl groups is 1. The van der Waals surface area contributed by atoms with Gasteiger partial charge in [-0.05, 0) is 23.1 Å². The highest BCUT2D eigenvalue weighted by molar-refractivity contribution is 5.18. The van der Waals surface area contributed by atoms with Gasteiger partial charge in [0.25, 0.3) is 0 Å². The number of hydrogen-bond acceptors (Lipinski definition) is 3. The molecule has 0 radical (unpaired) electrons. The number of likely N-dealkylation sites (tertiary alicyclic amines) is 1. The Hall–Kier alpha value is -2.46. The monoisotopic (exact) mass is 386 g/mol. The molecule has 0 amide bonds. The Balaban J connectivity index is 1.52. The Morgan fingerprint density at radius 1 is 0.724 bits per heavy atom. The second kappa shape index (κ2) is 9.84. The van der Waals surface area contributed by atoms with Crippen molar-refractivity contribution < 1.29 is 5.11 Å². The van der Waals surface area contributed by atoms with E-state index in [0.29, 0.717) is 0 Å². The molecule has 0 unspecified atom stereocenters. The maximum Gasteiger partial charge on any atom is 0.0720 e. The van der Waals surface area contributed by atoms with Crippen LogP contribution in [0.1, 0.15) is 23.1 Å². The van der Waals surface area contributed by atoms with Gasteiger partial charge in [0.1, 0.15) is 0 Å². The van der Waals surface area contributed by atoms with Crippen LogP contribution in [0.25, 0.3) is 0 Å². The number of rotatable bonds is 7. The number of benzene rings is 3. The van der Waals surface area contributed by atoms with E-state index in [4.69, 9.17) is 0 Å². The zero-order valence-corrected chi connectivity index (χ0v) is 16.9. The summed E-state index contributed by atoms with van der Waals surface area (Å²) in [6.07, 6.45) is 0.520. The predicted octanol–water partition coefficient (Wildman–Crippen LogP) is 4.32. The lowest BCUT2D eigenvalue weighted by molar-refractivity contribution is -0.0209. The van der Waals surface area contributed by atoms with Gasteiger partial charge in [0.2, 0.25) is 0 Å². The largest absolute Gasteiger partial charge is 0.391 e. The fourth-order valence-electron chi connectivity index (χ4n) is 4.26. The van der Waals surface area contributed by atoms with E-state index >= 15 is 0 Å². The fraction of sp³-hybridized carbons (Fsp3) is 0.308. The quantitative estimate of drug-likeness (QED) is 0.655. The highest BCUT2D eigenvalue weighted by Crippen LogP contribution is 2.23. The van der Waals surface area contributed by atoms with Crippen LogP contribution in [0, 0.1) is 0 Å². The minimum atomic E-state index is -0.297. The molecule has 29 heavy (non-hydrogen) atoms. The Labute approximate surface area is 174 Å². The lowest BCUT2D eigenvalue weighted by Crippen LogP contribution is -2.54. The molecule has 1 saturated heterocycles. The molecular formula is C26H30N2O. The molecule has 0 aliphatic carbocycles. The summed E-state index contributed by atoms with van der Waals surface area (Å²) in [7, 11) is 0. The highest BCUT2D eigenvalue weighted by Gasteiger charge is 2.32. The van der Waals surface area contributed by atoms with Gasteiger partial charge in [0, 0.05) is 38.8 Å². The van der Waals surface area contributed by atoms with Gasteiger partial charge in [-0.3, -0.25) is 9.80 Å². The third kappa shape index (κ3) is 5.54. The van der Waals surface area contributed by atoms with Crippen LogP contribution in [0.5, 0.6) is 0 Å². The van der Waals surface area contributed by atoms with Crippen LogP contribution in [0.15, 0.2) is 91.0 Å². The molecule has 2 atom stereocenters. The van der Waals surface area contributed by atoms with E-state index in [2.05, 4.69) is 101 Å². The SMILES string of the molecule is O[C@@H]1CCN(Cc2ccccc2)C[C@H]1N(Cc1ccccc1)Cc1ccccc1.